The van der Waals surface area contributed by atoms with Crippen molar-refractivity contribution in [1.82, 2.24) is 4.98 Å². The Morgan fingerprint density at radius 1 is 1.00 bits per heavy atom. The van der Waals surface area contributed by atoms with Gasteiger partial charge in [-0.2, -0.15) is 0 Å². The van der Waals surface area contributed by atoms with Crippen molar-refractivity contribution >= 4 is 5.57 Å². The first-order chi connectivity index (χ1) is 10.0. The first-order valence-corrected chi connectivity index (χ1v) is 7.69. The smallest absolute Gasteiger partial charge is 0.0460 e. The molecule has 1 N–H and O–H groups in total. The molecule has 1 aliphatic carbocycles. The van der Waals surface area contributed by atoms with Crippen LogP contribution in [0.1, 0.15) is 44.7 Å². The molecule has 1 heterocycles. The number of allylic oxidation sites excluding steroid dienone is 4. The van der Waals surface area contributed by atoms with Crippen LogP contribution in [0.2, 0.25) is 0 Å². The van der Waals surface area contributed by atoms with Crippen LogP contribution in [-0.2, 0) is 5.41 Å². The quantitative estimate of drug-likeness (QED) is 0.723. The zero-order chi connectivity index (χ0) is 14.9. The lowest BCUT2D eigenvalue weighted by Gasteiger charge is -2.19. The third-order valence-corrected chi connectivity index (χ3v) is 4.13. The molecule has 0 saturated heterocycles. The monoisotopic (exact) mass is 277 g/mol. The number of aromatic nitrogens is 1. The lowest BCUT2D eigenvalue weighted by Crippen LogP contribution is -2.10. The lowest BCUT2D eigenvalue weighted by atomic mass is 9.86. The van der Waals surface area contributed by atoms with Gasteiger partial charge in [0.15, 0.2) is 0 Å². The van der Waals surface area contributed by atoms with Gasteiger partial charge in [-0.05, 0) is 46.6 Å². The fraction of sp³-hybridized carbons (Fsp3) is 0.300. The number of nitrogens with one attached hydrogen (secondary N) is 1. The minimum absolute atomic E-state index is 0.207. The van der Waals surface area contributed by atoms with Gasteiger partial charge in [0.05, 0.1) is 0 Å². The zero-order valence-electron chi connectivity index (χ0n) is 13.1. The molecular formula is C20H23N. The molecule has 1 aromatic heterocycles. The molecule has 2 aromatic rings. The minimum Gasteiger partial charge on any atom is -0.361 e. The predicted molar refractivity (Wildman–Crippen MR) is 91.3 cm³/mol. The van der Waals surface area contributed by atoms with Crippen molar-refractivity contribution in [3.8, 4) is 11.3 Å². The maximum Gasteiger partial charge on any atom is 0.0460 e. The summed E-state index contributed by atoms with van der Waals surface area (Å²) in [7, 11) is 0. The van der Waals surface area contributed by atoms with Crippen molar-refractivity contribution < 1.29 is 0 Å². The van der Waals surface area contributed by atoms with E-state index in [-0.39, 0.29) is 5.41 Å². The molecule has 1 nitrogen and oxygen atoms in total. The normalized spacial score (nSPS) is 15.1. The molecule has 0 atom stereocenters. The minimum atomic E-state index is 0.207. The summed E-state index contributed by atoms with van der Waals surface area (Å²) < 4.78 is 0. The molecule has 0 saturated carbocycles. The van der Waals surface area contributed by atoms with Gasteiger partial charge in [0.2, 0.25) is 0 Å². The Kier molecular flexibility index (Phi) is 3.59. The molecule has 0 bridgehead atoms. The topological polar surface area (TPSA) is 15.8 Å². The van der Waals surface area contributed by atoms with E-state index >= 15 is 0 Å². The van der Waals surface area contributed by atoms with Crippen molar-refractivity contribution in [2.45, 2.75) is 39.0 Å². The average Bonchev–Trinajstić information content (AvgIpc) is 2.97. The van der Waals surface area contributed by atoms with E-state index in [1.807, 2.05) is 0 Å². The van der Waals surface area contributed by atoms with Gasteiger partial charge in [-0.15, -0.1) is 0 Å². The van der Waals surface area contributed by atoms with Crippen LogP contribution in [0.3, 0.4) is 0 Å². The number of hydrogen-bond donors (Lipinski definition) is 1. The first-order valence-electron chi connectivity index (χ1n) is 7.69. The van der Waals surface area contributed by atoms with Crippen LogP contribution in [0.15, 0.2) is 54.8 Å². The fourth-order valence-electron chi connectivity index (χ4n) is 2.74. The molecule has 3 rings (SSSR count). The third kappa shape index (κ3) is 3.02. The molecule has 0 aliphatic heterocycles. The summed E-state index contributed by atoms with van der Waals surface area (Å²) in [5, 5.41) is 0. The SMILES string of the molecule is CC(C)(C)c1ccc(-c2cc(C3=CC=CCC3)c[nH]2)cc1. The van der Waals surface area contributed by atoms with Crippen molar-refractivity contribution in [2.24, 2.45) is 0 Å². The number of hydrogen-bond acceptors (Lipinski definition) is 0. The van der Waals surface area contributed by atoms with E-state index in [1.165, 1.54) is 28.0 Å². The van der Waals surface area contributed by atoms with Crippen molar-refractivity contribution in [1.29, 1.82) is 0 Å². The molecule has 0 fully saturated rings. The summed E-state index contributed by atoms with van der Waals surface area (Å²) >= 11 is 0. The van der Waals surface area contributed by atoms with Crippen molar-refractivity contribution in [2.75, 3.05) is 0 Å². The van der Waals surface area contributed by atoms with Crippen LogP contribution in [0, 0.1) is 0 Å². The van der Waals surface area contributed by atoms with E-state index in [1.54, 1.807) is 0 Å². The Hall–Kier alpha value is -2.02. The van der Waals surface area contributed by atoms with Gasteiger partial charge < -0.3 is 4.98 Å². The van der Waals surface area contributed by atoms with Gasteiger partial charge in [0.1, 0.15) is 0 Å². The molecule has 0 spiro atoms. The largest absolute Gasteiger partial charge is 0.361 e. The molecule has 1 aromatic carbocycles. The second-order valence-corrected chi connectivity index (χ2v) is 6.79. The van der Waals surface area contributed by atoms with Crippen LogP contribution < -0.4 is 0 Å². The van der Waals surface area contributed by atoms with Gasteiger partial charge in [0.25, 0.3) is 0 Å². The Labute approximate surface area is 127 Å². The van der Waals surface area contributed by atoms with Gasteiger partial charge in [-0.1, -0.05) is 63.3 Å². The Bertz CT molecular complexity index is 675. The lowest BCUT2D eigenvalue weighted by molar-refractivity contribution is 0.590. The van der Waals surface area contributed by atoms with E-state index in [2.05, 4.69) is 80.5 Å². The molecule has 108 valence electrons. The molecular weight excluding hydrogens is 254 g/mol. The van der Waals surface area contributed by atoms with E-state index in [0.29, 0.717) is 0 Å². The molecule has 0 radical (unpaired) electrons. The van der Waals surface area contributed by atoms with Crippen LogP contribution in [0.5, 0.6) is 0 Å². The standard InChI is InChI=1S/C20H23N/c1-20(2,3)18-11-9-16(10-12-18)19-13-17(14-21-19)15-7-5-4-6-8-15/h4-5,7,9-14,21H,6,8H2,1-3H3. The number of benzene rings is 1. The maximum atomic E-state index is 3.41. The van der Waals surface area contributed by atoms with Crippen LogP contribution in [0.25, 0.3) is 16.8 Å². The molecule has 21 heavy (non-hydrogen) atoms. The number of rotatable bonds is 2. The van der Waals surface area contributed by atoms with Crippen LogP contribution >= 0.6 is 0 Å². The highest BCUT2D eigenvalue weighted by Gasteiger charge is 2.13. The Morgan fingerprint density at radius 2 is 1.76 bits per heavy atom. The number of aromatic amines is 1. The Balaban J connectivity index is 1.86. The highest BCUT2D eigenvalue weighted by Crippen LogP contribution is 2.29. The highest BCUT2D eigenvalue weighted by atomic mass is 14.7. The summed E-state index contributed by atoms with van der Waals surface area (Å²) in [4.78, 5) is 3.41. The maximum absolute atomic E-state index is 3.41. The molecule has 1 aliphatic rings. The summed E-state index contributed by atoms with van der Waals surface area (Å²) in [5.41, 5.74) is 6.76. The summed E-state index contributed by atoms with van der Waals surface area (Å²) in [6.07, 6.45) is 11.0. The summed E-state index contributed by atoms with van der Waals surface area (Å²) in [6, 6.07) is 11.2. The number of H-pyrrole nitrogens is 1. The zero-order valence-corrected chi connectivity index (χ0v) is 13.1. The molecule has 1 heteroatoms. The van der Waals surface area contributed by atoms with Crippen LogP contribution in [0.4, 0.5) is 0 Å². The predicted octanol–water partition coefficient (Wildman–Crippen LogP) is 5.71. The van der Waals surface area contributed by atoms with Crippen LogP contribution in [-0.4, -0.2) is 4.98 Å². The first kappa shape index (κ1) is 13.9. The summed E-state index contributed by atoms with van der Waals surface area (Å²) in [5.74, 6) is 0. The fourth-order valence-corrected chi connectivity index (χ4v) is 2.74. The van der Waals surface area contributed by atoms with Crippen molar-refractivity contribution in [3.05, 3.63) is 65.9 Å². The van der Waals surface area contributed by atoms with Gasteiger partial charge >= 0.3 is 0 Å². The third-order valence-electron chi connectivity index (χ3n) is 4.13. The summed E-state index contributed by atoms with van der Waals surface area (Å²) in [6.45, 7) is 6.74. The van der Waals surface area contributed by atoms with E-state index < -0.39 is 0 Å². The molecule has 0 unspecified atom stereocenters. The van der Waals surface area contributed by atoms with Crippen molar-refractivity contribution in [3.63, 3.8) is 0 Å². The van der Waals surface area contributed by atoms with E-state index in [0.717, 1.165) is 12.8 Å². The Morgan fingerprint density at radius 3 is 2.38 bits per heavy atom. The average molecular weight is 277 g/mol. The van der Waals surface area contributed by atoms with Gasteiger partial charge in [-0.25, -0.2) is 0 Å². The second-order valence-electron chi connectivity index (χ2n) is 6.79. The molecule has 0 amide bonds. The van der Waals surface area contributed by atoms with E-state index in [4.69, 9.17) is 0 Å². The van der Waals surface area contributed by atoms with Gasteiger partial charge in [-0.3, -0.25) is 0 Å². The van der Waals surface area contributed by atoms with E-state index in [9.17, 15) is 0 Å². The second kappa shape index (κ2) is 5.40. The van der Waals surface area contributed by atoms with Gasteiger partial charge in [0, 0.05) is 11.9 Å². The highest BCUT2D eigenvalue weighted by molar-refractivity contribution is 5.73.